The fraction of sp³-hybridized carbons (Fsp3) is 0.438. The minimum Gasteiger partial charge on any atom is -0.481 e. The minimum atomic E-state index is -0.844. The molecule has 0 atom stereocenters. The zero-order chi connectivity index (χ0) is 15.9. The molecular formula is C16H20N2O4. The first kappa shape index (κ1) is 16.0. The molecule has 2 rings (SSSR count). The zero-order valence-electron chi connectivity index (χ0n) is 12.4. The summed E-state index contributed by atoms with van der Waals surface area (Å²) in [5.74, 6) is -0.879. The van der Waals surface area contributed by atoms with Crippen molar-refractivity contribution in [2.24, 2.45) is 0 Å². The van der Waals surface area contributed by atoms with Gasteiger partial charge in [0, 0.05) is 37.2 Å². The summed E-state index contributed by atoms with van der Waals surface area (Å²) in [4.78, 5) is 35.7. The van der Waals surface area contributed by atoms with E-state index in [2.05, 4.69) is 5.32 Å². The lowest BCUT2D eigenvalue weighted by atomic mass is 10.2. The molecule has 1 saturated heterocycles. The Balaban J connectivity index is 1.86. The van der Waals surface area contributed by atoms with Gasteiger partial charge in [0.15, 0.2) is 0 Å². The predicted octanol–water partition coefficient (Wildman–Crippen LogP) is 2.40. The van der Waals surface area contributed by atoms with Crippen molar-refractivity contribution in [2.45, 2.75) is 38.5 Å². The first-order chi connectivity index (χ1) is 10.6. The highest BCUT2D eigenvalue weighted by Gasteiger charge is 2.21. The summed E-state index contributed by atoms with van der Waals surface area (Å²) < 4.78 is 0. The van der Waals surface area contributed by atoms with Gasteiger partial charge >= 0.3 is 5.97 Å². The highest BCUT2D eigenvalue weighted by molar-refractivity contribution is 5.97. The van der Waals surface area contributed by atoms with Gasteiger partial charge in [-0.25, -0.2) is 0 Å². The van der Waals surface area contributed by atoms with Crippen LogP contribution in [0.3, 0.4) is 0 Å². The van der Waals surface area contributed by atoms with Gasteiger partial charge < -0.3 is 15.3 Å². The van der Waals surface area contributed by atoms with Crippen LogP contribution in [0.2, 0.25) is 0 Å². The number of carboxylic acids is 1. The van der Waals surface area contributed by atoms with Crippen LogP contribution < -0.4 is 10.2 Å². The number of hydrogen-bond acceptors (Lipinski definition) is 3. The van der Waals surface area contributed by atoms with Gasteiger partial charge in [-0.3, -0.25) is 14.4 Å². The van der Waals surface area contributed by atoms with Crippen molar-refractivity contribution >= 4 is 29.2 Å². The number of anilines is 2. The summed E-state index contributed by atoms with van der Waals surface area (Å²) in [6.45, 7) is 0.714. The zero-order valence-corrected chi connectivity index (χ0v) is 12.4. The SMILES string of the molecule is O=C(O)CCCCC(=O)Nc1cccc(N2CCCC2=O)c1. The molecule has 0 radical (unpaired) electrons. The van der Waals surface area contributed by atoms with E-state index in [0.717, 1.165) is 12.1 Å². The Labute approximate surface area is 129 Å². The summed E-state index contributed by atoms with van der Waals surface area (Å²) in [7, 11) is 0. The second kappa shape index (κ2) is 7.59. The van der Waals surface area contributed by atoms with Gasteiger partial charge in [-0.1, -0.05) is 6.07 Å². The monoisotopic (exact) mass is 304 g/mol. The van der Waals surface area contributed by atoms with Crippen molar-refractivity contribution in [1.29, 1.82) is 0 Å². The third-order valence-electron chi connectivity index (χ3n) is 3.56. The van der Waals surface area contributed by atoms with E-state index in [-0.39, 0.29) is 18.2 Å². The van der Waals surface area contributed by atoms with E-state index < -0.39 is 5.97 Å². The van der Waals surface area contributed by atoms with E-state index in [1.54, 1.807) is 23.1 Å². The number of unbranched alkanes of at least 4 members (excludes halogenated alkanes) is 1. The third-order valence-corrected chi connectivity index (χ3v) is 3.56. The molecule has 0 unspecified atom stereocenters. The normalized spacial score (nSPS) is 14.2. The molecular weight excluding hydrogens is 284 g/mol. The number of aliphatic carboxylic acids is 1. The number of nitrogens with one attached hydrogen (secondary N) is 1. The van der Waals surface area contributed by atoms with Gasteiger partial charge in [0.25, 0.3) is 0 Å². The first-order valence-corrected chi connectivity index (χ1v) is 7.48. The second-order valence-electron chi connectivity index (χ2n) is 5.35. The van der Waals surface area contributed by atoms with Gasteiger partial charge in [0.05, 0.1) is 0 Å². The van der Waals surface area contributed by atoms with Crippen molar-refractivity contribution in [3.63, 3.8) is 0 Å². The van der Waals surface area contributed by atoms with Crippen LogP contribution in [0.25, 0.3) is 0 Å². The largest absolute Gasteiger partial charge is 0.481 e. The van der Waals surface area contributed by atoms with Crippen LogP contribution >= 0.6 is 0 Å². The van der Waals surface area contributed by atoms with Crippen molar-refractivity contribution in [3.8, 4) is 0 Å². The average molecular weight is 304 g/mol. The quantitative estimate of drug-likeness (QED) is 0.757. The van der Waals surface area contributed by atoms with E-state index in [0.29, 0.717) is 37.9 Å². The number of carboxylic acid groups (broad SMARTS) is 1. The molecule has 1 aliphatic heterocycles. The third kappa shape index (κ3) is 4.58. The summed E-state index contributed by atoms with van der Waals surface area (Å²) >= 11 is 0. The highest BCUT2D eigenvalue weighted by Crippen LogP contribution is 2.24. The van der Waals surface area contributed by atoms with E-state index >= 15 is 0 Å². The molecule has 2 N–H and O–H groups in total. The number of rotatable bonds is 7. The molecule has 6 heteroatoms. The van der Waals surface area contributed by atoms with Gasteiger partial charge in [-0.15, -0.1) is 0 Å². The number of carbonyl (C=O) groups is 3. The fourth-order valence-corrected chi connectivity index (χ4v) is 2.46. The summed E-state index contributed by atoms with van der Waals surface area (Å²) in [5, 5.41) is 11.3. The Morgan fingerprint density at radius 2 is 2.00 bits per heavy atom. The Kier molecular flexibility index (Phi) is 5.52. The van der Waals surface area contributed by atoms with Crippen LogP contribution in [-0.4, -0.2) is 29.4 Å². The van der Waals surface area contributed by atoms with Crippen molar-refractivity contribution in [1.82, 2.24) is 0 Å². The number of amides is 2. The molecule has 0 saturated carbocycles. The topological polar surface area (TPSA) is 86.7 Å². The first-order valence-electron chi connectivity index (χ1n) is 7.48. The van der Waals surface area contributed by atoms with Crippen molar-refractivity contribution < 1.29 is 19.5 Å². The maximum Gasteiger partial charge on any atom is 0.303 e. The molecule has 0 aliphatic carbocycles. The second-order valence-corrected chi connectivity index (χ2v) is 5.35. The lowest BCUT2D eigenvalue weighted by Gasteiger charge is -2.16. The fourth-order valence-electron chi connectivity index (χ4n) is 2.46. The Hall–Kier alpha value is -2.37. The Morgan fingerprint density at radius 1 is 1.23 bits per heavy atom. The number of benzene rings is 1. The van der Waals surface area contributed by atoms with Crippen molar-refractivity contribution in [3.05, 3.63) is 24.3 Å². The lowest BCUT2D eigenvalue weighted by molar-refractivity contribution is -0.137. The van der Waals surface area contributed by atoms with E-state index in [1.807, 2.05) is 6.07 Å². The standard InChI is InChI=1S/C16H20N2O4/c19-14(7-1-2-9-16(21)22)17-12-5-3-6-13(11-12)18-10-4-8-15(18)20/h3,5-6,11H,1-2,4,7-10H2,(H,17,19)(H,21,22). The number of carbonyl (C=O) groups excluding carboxylic acids is 2. The van der Waals surface area contributed by atoms with Gasteiger partial charge in [0.1, 0.15) is 0 Å². The molecule has 1 heterocycles. The summed E-state index contributed by atoms with van der Waals surface area (Å²) in [6, 6.07) is 7.23. The maximum atomic E-state index is 11.8. The molecule has 118 valence electrons. The molecule has 0 bridgehead atoms. The van der Waals surface area contributed by atoms with Crippen molar-refractivity contribution in [2.75, 3.05) is 16.8 Å². The Bertz CT molecular complexity index is 571. The molecule has 0 aromatic heterocycles. The van der Waals surface area contributed by atoms with Gasteiger partial charge in [-0.05, 0) is 37.5 Å². The molecule has 2 amide bonds. The molecule has 6 nitrogen and oxygen atoms in total. The smallest absolute Gasteiger partial charge is 0.303 e. The molecule has 1 aliphatic rings. The molecule has 1 aromatic carbocycles. The summed E-state index contributed by atoms with van der Waals surface area (Å²) in [6.07, 6.45) is 2.84. The minimum absolute atomic E-state index is 0.0832. The maximum absolute atomic E-state index is 11.8. The predicted molar refractivity (Wildman–Crippen MR) is 82.8 cm³/mol. The van der Waals surface area contributed by atoms with Crippen LogP contribution in [0.4, 0.5) is 11.4 Å². The number of hydrogen-bond donors (Lipinski definition) is 2. The van der Waals surface area contributed by atoms with Crippen LogP contribution in [0.1, 0.15) is 38.5 Å². The van der Waals surface area contributed by atoms with Crippen LogP contribution in [-0.2, 0) is 14.4 Å². The van der Waals surface area contributed by atoms with Gasteiger partial charge in [0.2, 0.25) is 11.8 Å². The van der Waals surface area contributed by atoms with E-state index in [1.165, 1.54) is 0 Å². The lowest BCUT2D eigenvalue weighted by Crippen LogP contribution is -2.23. The van der Waals surface area contributed by atoms with E-state index in [9.17, 15) is 14.4 Å². The highest BCUT2D eigenvalue weighted by atomic mass is 16.4. The summed E-state index contributed by atoms with van der Waals surface area (Å²) in [5.41, 5.74) is 1.45. The van der Waals surface area contributed by atoms with E-state index in [4.69, 9.17) is 5.11 Å². The average Bonchev–Trinajstić information content (AvgIpc) is 2.90. The van der Waals surface area contributed by atoms with Crippen LogP contribution in [0, 0.1) is 0 Å². The molecule has 1 fully saturated rings. The molecule has 0 spiro atoms. The van der Waals surface area contributed by atoms with Crippen LogP contribution in [0.15, 0.2) is 24.3 Å². The van der Waals surface area contributed by atoms with Gasteiger partial charge in [-0.2, -0.15) is 0 Å². The molecule has 1 aromatic rings. The number of nitrogens with zero attached hydrogens (tertiary/aromatic N) is 1. The molecule has 22 heavy (non-hydrogen) atoms. The van der Waals surface area contributed by atoms with Crippen LogP contribution in [0.5, 0.6) is 0 Å². The Morgan fingerprint density at radius 3 is 2.68 bits per heavy atom.